The minimum Gasteiger partial charge on any atom is -0.480 e. The Labute approximate surface area is 105 Å². The van der Waals surface area contributed by atoms with Crippen molar-refractivity contribution in [3.05, 3.63) is 35.4 Å². The minimum atomic E-state index is -1.41. The van der Waals surface area contributed by atoms with Gasteiger partial charge in [-0.15, -0.1) is 0 Å². The maximum atomic E-state index is 10.3. The lowest BCUT2D eigenvalue weighted by molar-refractivity contribution is -0.147. The van der Waals surface area contributed by atoms with Crippen LogP contribution in [0, 0.1) is 6.92 Å². The summed E-state index contributed by atoms with van der Waals surface area (Å²) in [6.07, 6.45) is -1.41. The van der Waals surface area contributed by atoms with Crippen molar-refractivity contribution < 1.29 is 24.9 Å². The molecule has 0 radical (unpaired) electrons. The number of benzene rings is 1. The molecule has 2 atom stereocenters. The van der Waals surface area contributed by atoms with Crippen molar-refractivity contribution in [3.63, 3.8) is 0 Å². The standard InChI is InChI=1S/C9H10O3.C3H7NO2/c1-6-2-4-7(5-3-6)8(10)9(11)12;1-2(4)3(5)6/h2-5,8,10H,1H3,(H,11,12);2H,4H2,1H3,(H,5,6)/t;2-/m.1/s1. The Hall–Kier alpha value is -1.92. The Kier molecular flexibility index (Phi) is 6.62. The molecule has 6 nitrogen and oxygen atoms in total. The van der Waals surface area contributed by atoms with Gasteiger partial charge in [-0.05, 0) is 19.4 Å². The van der Waals surface area contributed by atoms with Gasteiger partial charge in [-0.25, -0.2) is 4.79 Å². The molecule has 0 spiro atoms. The zero-order valence-corrected chi connectivity index (χ0v) is 10.2. The molecule has 6 heteroatoms. The van der Waals surface area contributed by atoms with Crippen LogP contribution in [-0.4, -0.2) is 33.3 Å². The number of aliphatic carboxylic acids is 2. The van der Waals surface area contributed by atoms with Crippen LogP contribution < -0.4 is 5.73 Å². The number of hydrogen-bond donors (Lipinski definition) is 4. The van der Waals surface area contributed by atoms with Crippen molar-refractivity contribution >= 4 is 11.9 Å². The smallest absolute Gasteiger partial charge is 0.337 e. The number of aryl methyl sites for hydroxylation is 1. The molecule has 0 saturated carbocycles. The zero-order valence-electron chi connectivity index (χ0n) is 10.2. The van der Waals surface area contributed by atoms with Crippen LogP contribution in [0.4, 0.5) is 0 Å². The second-order valence-electron chi connectivity index (χ2n) is 3.78. The molecule has 0 aliphatic rings. The summed E-state index contributed by atoms with van der Waals surface area (Å²) in [5.74, 6) is -2.19. The Morgan fingerprint density at radius 2 is 1.50 bits per heavy atom. The highest BCUT2D eigenvalue weighted by Gasteiger charge is 2.14. The number of carboxylic acids is 2. The van der Waals surface area contributed by atoms with Crippen LogP contribution in [0.2, 0.25) is 0 Å². The highest BCUT2D eigenvalue weighted by Crippen LogP contribution is 2.13. The normalized spacial score (nSPS) is 12.9. The van der Waals surface area contributed by atoms with E-state index in [0.29, 0.717) is 5.56 Å². The molecule has 0 aromatic heterocycles. The van der Waals surface area contributed by atoms with Crippen molar-refractivity contribution in [2.75, 3.05) is 0 Å². The summed E-state index contributed by atoms with van der Waals surface area (Å²) in [7, 11) is 0. The zero-order chi connectivity index (χ0) is 14.3. The lowest BCUT2D eigenvalue weighted by atomic mass is 10.1. The molecule has 1 aromatic carbocycles. The second-order valence-corrected chi connectivity index (χ2v) is 3.78. The maximum Gasteiger partial charge on any atom is 0.337 e. The summed E-state index contributed by atoms with van der Waals surface area (Å²) >= 11 is 0. The highest BCUT2D eigenvalue weighted by molar-refractivity contribution is 5.74. The van der Waals surface area contributed by atoms with Gasteiger partial charge in [0.2, 0.25) is 0 Å². The van der Waals surface area contributed by atoms with Gasteiger partial charge in [0.25, 0.3) is 0 Å². The predicted molar refractivity (Wildman–Crippen MR) is 65.1 cm³/mol. The van der Waals surface area contributed by atoms with Crippen LogP contribution in [0.1, 0.15) is 24.2 Å². The molecule has 0 bridgehead atoms. The van der Waals surface area contributed by atoms with Gasteiger partial charge in [0.1, 0.15) is 6.04 Å². The van der Waals surface area contributed by atoms with E-state index in [-0.39, 0.29) is 0 Å². The Balaban J connectivity index is 0.000000411. The lowest BCUT2D eigenvalue weighted by Gasteiger charge is -2.04. The molecule has 1 rings (SSSR count). The minimum absolute atomic E-state index is 0.410. The molecule has 0 aliphatic carbocycles. The molecule has 100 valence electrons. The Bertz CT molecular complexity index is 399. The van der Waals surface area contributed by atoms with Gasteiger partial charge in [-0.3, -0.25) is 4.79 Å². The summed E-state index contributed by atoms with van der Waals surface area (Å²) < 4.78 is 0. The molecular formula is C12H17NO5. The molecule has 5 N–H and O–H groups in total. The first-order valence-electron chi connectivity index (χ1n) is 5.21. The summed E-state index contributed by atoms with van der Waals surface area (Å²) in [6, 6.07) is 6.01. The molecule has 0 heterocycles. The summed E-state index contributed by atoms with van der Waals surface area (Å²) in [6.45, 7) is 3.32. The van der Waals surface area contributed by atoms with Gasteiger partial charge in [-0.2, -0.15) is 0 Å². The van der Waals surface area contributed by atoms with Crippen molar-refractivity contribution in [2.45, 2.75) is 26.0 Å². The maximum absolute atomic E-state index is 10.3. The van der Waals surface area contributed by atoms with Crippen LogP contribution in [0.25, 0.3) is 0 Å². The quantitative estimate of drug-likeness (QED) is 0.625. The first kappa shape index (κ1) is 16.1. The Morgan fingerprint density at radius 3 is 1.78 bits per heavy atom. The number of rotatable bonds is 3. The van der Waals surface area contributed by atoms with Crippen molar-refractivity contribution in [3.8, 4) is 0 Å². The average Bonchev–Trinajstić information content (AvgIpc) is 2.29. The summed E-state index contributed by atoms with van der Waals surface area (Å²) in [5, 5.41) is 25.4. The van der Waals surface area contributed by atoms with E-state index in [1.807, 2.05) is 6.92 Å². The van der Waals surface area contributed by atoms with Gasteiger partial charge in [0.05, 0.1) is 0 Å². The third-order valence-electron chi connectivity index (χ3n) is 2.02. The number of carbonyl (C=O) groups is 2. The first-order valence-corrected chi connectivity index (χ1v) is 5.21. The number of carboxylic acid groups (broad SMARTS) is 2. The van der Waals surface area contributed by atoms with Gasteiger partial charge in [0.15, 0.2) is 6.10 Å². The van der Waals surface area contributed by atoms with E-state index < -0.39 is 24.1 Å². The molecule has 0 saturated heterocycles. The Morgan fingerprint density at radius 1 is 1.11 bits per heavy atom. The highest BCUT2D eigenvalue weighted by atomic mass is 16.4. The summed E-state index contributed by atoms with van der Waals surface area (Å²) in [5.41, 5.74) is 6.28. The first-order chi connectivity index (χ1) is 8.25. The van der Waals surface area contributed by atoms with E-state index in [0.717, 1.165) is 5.56 Å². The number of hydrogen-bond acceptors (Lipinski definition) is 4. The fraction of sp³-hybridized carbons (Fsp3) is 0.333. The molecule has 0 amide bonds. The fourth-order valence-electron chi connectivity index (χ4n) is 0.891. The van der Waals surface area contributed by atoms with Crippen molar-refractivity contribution in [1.29, 1.82) is 0 Å². The fourth-order valence-corrected chi connectivity index (χ4v) is 0.891. The summed E-state index contributed by atoms with van der Waals surface area (Å²) in [4.78, 5) is 19.9. The van der Waals surface area contributed by atoms with E-state index in [4.69, 9.17) is 21.1 Å². The second kappa shape index (κ2) is 7.41. The average molecular weight is 255 g/mol. The van der Waals surface area contributed by atoms with Crippen LogP contribution in [0.3, 0.4) is 0 Å². The number of nitrogens with two attached hydrogens (primary N) is 1. The van der Waals surface area contributed by atoms with E-state index in [1.165, 1.54) is 6.92 Å². The van der Waals surface area contributed by atoms with E-state index in [2.05, 4.69) is 0 Å². The van der Waals surface area contributed by atoms with Crippen LogP contribution in [0.15, 0.2) is 24.3 Å². The van der Waals surface area contributed by atoms with E-state index in [1.54, 1.807) is 24.3 Å². The predicted octanol–water partition coefficient (Wildman–Crippen LogP) is 0.531. The van der Waals surface area contributed by atoms with E-state index >= 15 is 0 Å². The van der Waals surface area contributed by atoms with Gasteiger partial charge in [0, 0.05) is 0 Å². The molecule has 0 fully saturated rings. The molecular weight excluding hydrogens is 238 g/mol. The molecule has 1 unspecified atom stereocenters. The number of aliphatic hydroxyl groups excluding tert-OH is 1. The number of aliphatic hydroxyl groups is 1. The van der Waals surface area contributed by atoms with Gasteiger partial charge < -0.3 is 21.1 Å². The van der Waals surface area contributed by atoms with E-state index in [9.17, 15) is 9.59 Å². The van der Waals surface area contributed by atoms with Crippen LogP contribution >= 0.6 is 0 Å². The van der Waals surface area contributed by atoms with Crippen LogP contribution in [-0.2, 0) is 9.59 Å². The van der Waals surface area contributed by atoms with Gasteiger partial charge in [-0.1, -0.05) is 29.8 Å². The third-order valence-corrected chi connectivity index (χ3v) is 2.02. The van der Waals surface area contributed by atoms with Gasteiger partial charge >= 0.3 is 11.9 Å². The topological polar surface area (TPSA) is 121 Å². The lowest BCUT2D eigenvalue weighted by Crippen LogP contribution is -2.25. The third kappa shape index (κ3) is 5.97. The molecule has 0 aliphatic heterocycles. The van der Waals surface area contributed by atoms with Crippen molar-refractivity contribution in [2.24, 2.45) is 5.73 Å². The monoisotopic (exact) mass is 255 g/mol. The SMILES string of the molecule is C[C@@H](N)C(=O)O.Cc1ccc(C(O)C(=O)O)cc1. The largest absolute Gasteiger partial charge is 0.480 e. The van der Waals surface area contributed by atoms with Crippen LogP contribution in [0.5, 0.6) is 0 Å². The molecule has 18 heavy (non-hydrogen) atoms. The molecule has 1 aromatic rings. The van der Waals surface area contributed by atoms with Crippen molar-refractivity contribution in [1.82, 2.24) is 0 Å².